The van der Waals surface area contributed by atoms with Gasteiger partial charge in [-0.3, -0.25) is 4.98 Å². The molecular formula is C62H58GeIrN4O-2. The van der Waals surface area contributed by atoms with Crippen molar-refractivity contribution in [2.45, 2.75) is 77.6 Å². The van der Waals surface area contributed by atoms with Crippen LogP contribution < -0.4 is 4.40 Å². The fourth-order valence-corrected chi connectivity index (χ4v) is 13.1. The maximum atomic E-state index is 6.62. The minimum absolute atomic E-state index is 0. The van der Waals surface area contributed by atoms with E-state index in [0.717, 1.165) is 78.8 Å². The van der Waals surface area contributed by atoms with Gasteiger partial charge in [-0.25, -0.2) is 4.98 Å². The molecule has 0 spiro atoms. The first kappa shape index (κ1) is 47.9. The summed E-state index contributed by atoms with van der Waals surface area (Å²) in [6.45, 7) is 15.6. The van der Waals surface area contributed by atoms with E-state index in [1.807, 2.05) is 12.1 Å². The molecule has 4 aromatic heterocycles. The van der Waals surface area contributed by atoms with Gasteiger partial charge in [0.05, 0.1) is 28.1 Å². The number of nitrogens with zero attached hydrogens (tertiary/aromatic N) is 4. The maximum absolute atomic E-state index is 6.62. The molecule has 11 rings (SSSR count). The topological polar surface area (TPSA) is 56.7 Å². The van der Waals surface area contributed by atoms with Gasteiger partial charge in [-0.15, -0.1) is 18.2 Å². The minimum Gasteiger partial charge on any atom is -0.486 e. The van der Waals surface area contributed by atoms with Crippen LogP contribution in [0.1, 0.15) is 56.9 Å². The summed E-state index contributed by atoms with van der Waals surface area (Å²) in [5.41, 5.74) is 14.7. The van der Waals surface area contributed by atoms with Crippen molar-refractivity contribution in [1.82, 2.24) is 19.5 Å². The first-order valence-corrected chi connectivity index (χ1v) is 31.2. The molecule has 347 valence electrons. The molecule has 7 heteroatoms. The van der Waals surface area contributed by atoms with Crippen LogP contribution in [0, 0.1) is 31.9 Å². The summed E-state index contributed by atoms with van der Waals surface area (Å²) in [5.74, 6) is 8.79. The molecule has 0 fully saturated rings. The Kier molecular flexibility index (Phi) is 13.2. The predicted octanol–water partition coefficient (Wildman–Crippen LogP) is 16.0. The number of benzene rings is 7. The first-order valence-electron chi connectivity index (χ1n) is 23.9. The van der Waals surface area contributed by atoms with Crippen molar-refractivity contribution in [3.05, 3.63) is 186 Å². The third kappa shape index (κ3) is 9.23. The van der Waals surface area contributed by atoms with Crippen molar-refractivity contribution in [2.75, 3.05) is 0 Å². The van der Waals surface area contributed by atoms with E-state index in [1.54, 1.807) is 0 Å². The van der Waals surface area contributed by atoms with Crippen molar-refractivity contribution < 1.29 is 24.5 Å². The molecular weight excluding hydrogens is 1080 g/mol. The van der Waals surface area contributed by atoms with Gasteiger partial charge in [0.1, 0.15) is 0 Å². The standard InChI is InChI=1S/C40H32N3O.C22H26GeN.Ir/c1-24-10-8-11-25(2)35(24)33-23-21-31-30-14-9-15-32(37(30)44-39(31)42-33)38-41-34-22-16-26-12-6-7-13-29(26)36(34)43(38)28-19-17-27(18-20-28)40(3,4)5;1-16(2)13-18-14-22(24-15-21(18)23(3,4)5)20-12-8-10-17-9-6-7-11-19(17)20;/h6-14,16-23H,1-5H3;6-11,14-16H,13H2,1-5H3;/q2*-1;. The Hall–Kier alpha value is -6.18. The second kappa shape index (κ2) is 19.0. The van der Waals surface area contributed by atoms with E-state index < -0.39 is 13.3 Å². The van der Waals surface area contributed by atoms with Crippen LogP contribution in [0.15, 0.2) is 156 Å². The fourth-order valence-electron chi connectivity index (χ4n) is 9.81. The van der Waals surface area contributed by atoms with Gasteiger partial charge in [-0.1, -0.05) is 92.4 Å². The Bertz CT molecular complexity index is 3660. The second-order valence-corrected chi connectivity index (χ2v) is 31.3. The number of fused-ring (bicyclic) bond motifs is 7. The monoisotopic (exact) mass is 1140 g/mol. The molecule has 4 heterocycles. The number of pyridine rings is 2. The van der Waals surface area contributed by atoms with Crippen molar-refractivity contribution in [1.29, 1.82) is 0 Å². The predicted molar refractivity (Wildman–Crippen MR) is 289 cm³/mol. The summed E-state index contributed by atoms with van der Waals surface area (Å²) in [4.78, 5) is 15.1. The van der Waals surface area contributed by atoms with E-state index in [-0.39, 0.29) is 25.5 Å². The van der Waals surface area contributed by atoms with Crippen LogP contribution in [0.5, 0.6) is 0 Å². The molecule has 0 N–H and O–H groups in total. The van der Waals surface area contributed by atoms with Gasteiger partial charge < -0.3 is 8.98 Å². The van der Waals surface area contributed by atoms with Crippen LogP contribution in [0.25, 0.3) is 94.2 Å². The van der Waals surface area contributed by atoms with Gasteiger partial charge in [0.2, 0.25) is 5.71 Å². The second-order valence-electron chi connectivity index (χ2n) is 20.8. The molecule has 11 aromatic rings. The van der Waals surface area contributed by atoms with E-state index in [1.165, 1.54) is 42.8 Å². The van der Waals surface area contributed by atoms with Crippen molar-refractivity contribution >= 4 is 72.3 Å². The third-order valence-corrected chi connectivity index (χ3v) is 17.5. The molecule has 0 aliphatic heterocycles. The summed E-state index contributed by atoms with van der Waals surface area (Å²) >= 11 is -1.92. The number of imidazole rings is 1. The van der Waals surface area contributed by atoms with E-state index in [0.29, 0.717) is 11.6 Å². The quantitative estimate of drug-likeness (QED) is 0.118. The van der Waals surface area contributed by atoms with Crippen LogP contribution in [0.2, 0.25) is 17.3 Å². The summed E-state index contributed by atoms with van der Waals surface area (Å²) in [7, 11) is 0. The number of hydrogen-bond donors (Lipinski definition) is 0. The van der Waals surface area contributed by atoms with Crippen LogP contribution in [-0.2, 0) is 31.9 Å². The molecule has 69 heavy (non-hydrogen) atoms. The van der Waals surface area contributed by atoms with Gasteiger partial charge in [0, 0.05) is 42.1 Å². The van der Waals surface area contributed by atoms with Crippen LogP contribution in [0.4, 0.5) is 0 Å². The number of rotatable bonds is 7. The van der Waals surface area contributed by atoms with E-state index in [9.17, 15) is 0 Å². The Morgan fingerprint density at radius 2 is 1.32 bits per heavy atom. The molecule has 1 radical (unpaired) electrons. The number of furan rings is 1. The average Bonchev–Trinajstić information content (AvgIpc) is 3.90. The van der Waals surface area contributed by atoms with E-state index >= 15 is 0 Å². The number of hydrogen-bond acceptors (Lipinski definition) is 4. The normalized spacial score (nSPS) is 12.0. The van der Waals surface area contributed by atoms with Crippen molar-refractivity contribution in [2.24, 2.45) is 5.92 Å². The molecule has 0 unspecified atom stereocenters. The van der Waals surface area contributed by atoms with Crippen LogP contribution in [-0.4, -0.2) is 32.8 Å². The van der Waals surface area contributed by atoms with Gasteiger partial charge in [-0.05, 0) is 71.7 Å². The maximum Gasteiger partial charge on any atom is 0.216 e. The molecule has 0 aliphatic rings. The zero-order valence-electron chi connectivity index (χ0n) is 41.2. The first-order chi connectivity index (χ1) is 32.6. The van der Waals surface area contributed by atoms with Gasteiger partial charge in [0.25, 0.3) is 0 Å². The summed E-state index contributed by atoms with van der Waals surface area (Å²) in [6.07, 6.45) is 3.28. The molecule has 0 atom stereocenters. The molecule has 0 amide bonds. The molecule has 0 saturated carbocycles. The average molecular weight is 1140 g/mol. The fraction of sp³-hybridized carbons (Fsp3) is 0.210. The number of aromatic nitrogens is 4. The van der Waals surface area contributed by atoms with Crippen molar-refractivity contribution in [3.63, 3.8) is 0 Å². The zero-order chi connectivity index (χ0) is 47.5. The smallest absolute Gasteiger partial charge is 0.216 e. The van der Waals surface area contributed by atoms with Gasteiger partial charge in [-0.2, -0.15) is 0 Å². The van der Waals surface area contributed by atoms with Crippen LogP contribution >= 0.6 is 0 Å². The molecule has 5 nitrogen and oxygen atoms in total. The van der Waals surface area contributed by atoms with Crippen LogP contribution in [0.3, 0.4) is 0 Å². The molecule has 0 bridgehead atoms. The Morgan fingerprint density at radius 3 is 2.01 bits per heavy atom. The Balaban J connectivity index is 0.000000202. The minimum atomic E-state index is -1.92. The summed E-state index contributed by atoms with van der Waals surface area (Å²) in [6, 6.07) is 58.1. The van der Waals surface area contributed by atoms with Gasteiger partial charge >= 0.3 is 148 Å². The number of aryl methyl sites for hydroxylation is 2. The molecule has 7 aromatic carbocycles. The summed E-state index contributed by atoms with van der Waals surface area (Å²) < 4.78 is 10.4. The SMILES string of the molecule is CC(C)Cc1cc(-c2[c-]ccc3ccccc23)nc[c]1[Ge]([CH3])([CH3])[CH3].Cc1cccc(C)c1-c1ccc2c(n1)oc1c(-c3nc4ccc5ccccc5c4n3-c3ccc(C(C)(C)C)cc3)[c-]ccc12.[Ir]. The molecule has 0 saturated heterocycles. The third-order valence-electron chi connectivity index (χ3n) is 13.2. The molecule has 0 aliphatic carbocycles. The Morgan fingerprint density at radius 1 is 0.652 bits per heavy atom. The zero-order valence-corrected chi connectivity index (χ0v) is 45.7. The largest absolute Gasteiger partial charge is 0.486 e. The van der Waals surface area contributed by atoms with Gasteiger partial charge in [0.15, 0.2) is 0 Å². The van der Waals surface area contributed by atoms with E-state index in [2.05, 4.69) is 222 Å². The van der Waals surface area contributed by atoms with Crippen molar-refractivity contribution in [3.8, 4) is 39.6 Å². The van der Waals surface area contributed by atoms with E-state index in [4.69, 9.17) is 19.4 Å². The Labute approximate surface area is 422 Å². The summed E-state index contributed by atoms with van der Waals surface area (Å²) in [5, 5.41) is 6.78.